The van der Waals surface area contributed by atoms with Gasteiger partial charge in [0.2, 0.25) is 0 Å². The highest BCUT2D eigenvalue weighted by Gasteiger charge is 2.19. The van der Waals surface area contributed by atoms with Gasteiger partial charge in [0, 0.05) is 19.3 Å². The Kier molecular flexibility index (Phi) is 67.6. The molecule has 0 saturated heterocycles. The molecule has 0 aliphatic rings. The summed E-state index contributed by atoms with van der Waals surface area (Å²) < 4.78 is 17.0. The summed E-state index contributed by atoms with van der Waals surface area (Å²) in [5, 5.41) is 0. The van der Waals surface area contributed by atoms with Crippen LogP contribution in [0.4, 0.5) is 0 Å². The normalized spacial score (nSPS) is 12.5. The van der Waals surface area contributed by atoms with Crippen molar-refractivity contribution in [2.75, 3.05) is 13.2 Å². The van der Waals surface area contributed by atoms with E-state index in [2.05, 4.69) is 93.7 Å². The summed E-state index contributed by atoms with van der Waals surface area (Å²) in [7, 11) is 0. The Balaban J connectivity index is 4.23. The van der Waals surface area contributed by atoms with Gasteiger partial charge in [-0.15, -0.1) is 0 Å². The summed E-state index contributed by atoms with van der Waals surface area (Å²) in [5.74, 6) is -0.890. The molecular weight excluding hydrogens is 1010 g/mol. The highest BCUT2D eigenvalue weighted by atomic mass is 16.6. The standard InChI is InChI=1S/C76H136O6/c1-4-7-10-13-16-19-22-25-27-29-31-33-35-36-37-38-39-40-41-43-44-46-48-51-54-57-60-63-66-69-75(78)81-72-73(71-80-74(77)68-65-62-59-56-53-50-24-21-18-15-12-9-6-3)82-76(79)70-67-64-61-58-55-52-49-47-45-42-34-32-30-28-26-23-20-17-14-11-8-5-2/h9,12,18,21-22,25,29,31,35-36,50,53,73H,4-8,10-11,13-17,19-20,23-24,26-28,30,32-34,37-49,51-52,54-72H2,1-3H3/b12-9-,21-18-,25-22-,31-29-,36-35-,53-50-. The predicted octanol–water partition coefficient (Wildman–Crippen LogP) is 24.8. The highest BCUT2D eigenvalue weighted by Crippen LogP contribution is 2.18. The second-order valence-corrected chi connectivity index (χ2v) is 24.1. The molecule has 6 heteroatoms. The summed E-state index contributed by atoms with van der Waals surface area (Å²) in [6.07, 6.45) is 92.3. The van der Waals surface area contributed by atoms with Gasteiger partial charge < -0.3 is 14.2 Å². The highest BCUT2D eigenvalue weighted by molar-refractivity contribution is 5.71. The van der Waals surface area contributed by atoms with Gasteiger partial charge in [0.05, 0.1) is 0 Å². The van der Waals surface area contributed by atoms with Gasteiger partial charge in [-0.2, -0.15) is 0 Å². The van der Waals surface area contributed by atoms with Gasteiger partial charge >= 0.3 is 17.9 Å². The van der Waals surface area contributed by atoms with Crippen LogP contribution in [-0.2, 0) is 28.6 Å². The molecule has 0 aliphatic heterocycles. The van der Waals surface area contributed by atoms with Crippen LogP contribution in [0.15, 0.2) is 72.9 Å². The molecule has 0 aromatic rings. The Morgan fingerprint density at radius 3 is 0.756 bits per heavy atom. The van der Waals surface area contributed by atoms with Crippen molar-refractivity contribution in [2.45, 2.75) is 380 Å². The lowest BCUT2D eigenvalue weighted by Crippen LogP contribution is -2.30. The third kappa shape index (κ3) is 67.6. The minimum absolute atomic E-state index is 0.0813. The maximum atomic E-state index is 13.0. The van der Waals surface area contributed by atoms with Crippen LogP contribution in [0, 0.1) is 0 Å². The van der Waals surface area contributed by atoms with E-state index < -0.39 is 6.10 Å². The molecule has 6 nitrogen and oxygen atoms in total. The van der Waals surface area contributed by atoms with Crippen LogP contribution in [-0.4, -0.2) is 37.2 Å². The van der Waals surface area contributed by atoms with Crippen LogP contribution < -0.4 is 0 Å². The molecule has 476 valence electrons. The Hall–Kier alpha value is -3.15. The van der Waals surface area contributed by atoms with Crippen molar-refractivity contribution in [1.29, 1.82) is 0 Å². The third-order valence-corrected chi connectivity index (χ3v) is 15.9. The first-order chi connectivity index (χ1) is 40.5. The van der Waals surface area contributed by atoms with E-state index in [1.165, 1.54) is 238 Å². The van der Waals surface area contributed by atoms with Gasteiger partial charge in [0.1, 0.15) is 13.2 Å². The van der Waals surface area contributed by atoms with E-state index in [0.29, 0.717) is 19.3 Å². The van der Waals surface area contributed by atoms with Gasteiger partial charge in [-0.1, -0.05) is 338 Å². The number of allylic oxidation sites excluding steroid dienone is 12. The lowest BCUT2D eigenvalue weighted by Gasteiger charge is -2.18. The van der Waals surface area contributed by atoms with E-state index in [4.69, 9.17) is 14.2 Å². The first-order valence-electron chi connectivity index (χ1n) is 35.9. The number of esters is 3. The fourth-order valence-corrected chi connectivity index (χ4v) is 10.6. The van der Waals surface area contributed by atoms with E-state index in [9.17, 15) is 14.4 Å². The van der Waals surface area contributed by atoms with Crippen molar-refractivity contribution in [3.63, 3.8) is 0 Å². The summed E-state index contributed by atoms with van der Waals surface area (Å²) in [4.78, 5) is 38.4. The molecule has 0 aliphatic carbocycles. The van der Waals surface area contributed by atoms with E-state index in [0.717, 1.165) is 96.3 Å². The maximum Gasteiger partial charge on any atom is 0.306 e. The van der Waals surface area contributed by atoms with Gasteiger partial charge in [0.25, 0.3) is 0 Å². The molecule has 0 fully saturated rings. The van der Waals surface area contributed by atoms with Crippen molar-refractivity contribution in [2.24, 2.45) is 0 Å². The average molecular weight is 1150 g/mol. The molecule has 0 spiro atoms. The molecule has 1 atom stereocenters. The number of hydrogen-bond acceptors (Lipinski definition) is 6. The first kappa shape index (κ1) is 78.8. The third-order valence-electron chi connectivity index (χ3n) is 15.9. The van der Waals surface area contributed by atoms with Crippen LogP contribution in [0.3, 0.4) is 0 Å². The topological polar surface area (TPSA) is 78.9 Å². The van der Waals surface area contributed by atoms with Crippen molar-refractivity contribution in [3.05, 3.63) is 72.9 Å². The second kappa shape index (κ2) is 70.3. The molecule has 0 saturated carbocycles. The maximum absolute atomic E-state index is 13.0. The minimum Gasteiger partial charge on any atom is -0.462 e. The summed E-state index contributed by atoms with van der Waals surface area (Å²) in [6, 6.07) is 0. The molecule has 1 unspecified atom stereocenters. The fraction of sp³-hybridized carbons (Fsp3) is 0.803. The largest absolute Gasteiger partial charge is 0.462 e. The summed E-state index contributed by atoms with van der Waals surface area (Å²) in [6.45, 7) is 6.55. The summed E-state index contributed by atoms with van der Waals surface area (Å²) >= 11 is 0. The first-order valence-corrected chi connectivity index (χ1v) is 35.9. The Morgan fingerprint density at radius 1 is 0.256 bits per heavy atom. The molecule has 0 bridgehead atoms. The number of carbonyl (C=O) groups is 3. The molecule has 82 heavy (non-hydrogen) atoms. The fourth-order valence-electron chi connectivity index (χ4n) is 10.6. The molecule has 0 heterocycles. The van der Waals surface area contributed by atoms with E-state index in [-0.39, 0.29) is 31.1 Å². The average Bonchev–Trinajstić information content (AvgIpc) is 3.48. The number of carbonyl (C=O) groups excluding carboxylic acids is 3. The SMILES string of the molecule is CC/C=C\C/C=C\C/C=C\CCCCCC(=O)OCC(COC(=O)CCCCCCCCCCCCCCCC/C=C\C/C=C\C/C=C\CCCCCCC)OC(=O)CCCCCCCCCCCCCCCCCCCCCCCC. The molecule has 0 N–H and O–H groups in total. The molecule has 0 aromatic heterocycles. The van der Waals surface area contributed by atoms with Crippen molar-refractivity contribution < 1.29 is 28.6 Å². The van der Waals surface area contributed by atoms with Crippen LogP contribution in [0.1, 0.15) is 374 Å². The van der Waals surface area contributed by atoms with Crippen molar-refractivity contribution >= 4 is 17.9 Å². The van der Waals surface area contributed by atoms with Gasteiger partial charge in [0.15, 0.2) is 6.10 Å². The zero-order chi connectivity index (χ0) is 59.2. The Labute approximate surface area is 510 Å². The zero-order valence-corrected chi connectivity index (χ0v) is 54.8. The zero-order valence-electron chi connectivity index (χ0n) is 54.8. The minimum atomic E-state index is -0.787. The van der Waals surface area contributed by atoms with Gasteiger partial charge in [-0.05, 0) is 89.9 Å². The molecular formula is C76H136O6. The molecule has 0 rings (SSSR count). The van der Waals surface area contributed by atoms with Crippen LogP contribution in [0.5, 0.6) is 0 Å². The van der Waals surface area contributed by atoms with Crippen LogP contribution >= 0.6 is 0 Å². The smallest absolute Gasteiger partial charge is 0.306 e. The number of ether oxygens (including phenoxy) is 3. The van der Waals surface area contributed by atoms with E-state index in [1.807, 2.05) is 0 Å². The molecule has 0 aromatic carbocycles. The van der Waals surface area contributed by atoms with E-state index >= 15 is 0 Å². The number of hydrogen-bond donors (Lipinski definition) is 0. The van der Waals surface area contributed by atoms with Crippen molar-refractivity contribution in [1.82, 2.24) is 0 Å². The predicted molar refractivity (Wildman–Crippen MR) is 358 cm³/mol. The Morgan fingerprint density at radius 2 is 0.476 bits per heavy atom. The second-order valence-electron chi connectivity index (χ2n) is 24.1. The van der Waals surface area contributed by atoms with Crippen LogP contribution in [0.25, 0.3) is 0 Å². The lowest BCUT2D eigenvalue weighted by molar-refractivity contribution is -0.167. The van der Waals surface area contributed by atoms with E-state index in [1.54, 1.807) is 0 Å². The monoisotopic (exact) mass is 1150 g/mol. The summed E-state index contributed by atoms with van der Waals surface area (Å²) in [5.41, 5.74) is 0. The van der Waals surface area contributed by atoms with Gasteiger partial charge in [-0.3, -0.25) is 14.4 Å². The van der Waals surface area contributed by atoms with Gasteiger partial charge in [-0.25, -0.2) is 0 Å². The molecule has 0 amide bonds. The number of unbranched alkanes of at least 4 members (excludes halogenated alkanes) is 43. The lowest BCUT2D eigenvalue weighted by atomic mass is 10.0. The van der Waals surface area contributed by atoms with Crippen LogP contribution in [0.2, 0.25) is 0 Å². The number of rotatable bonds is 66. The van der Waals surface area contributed by atoms with Crippen molar-refractivity contribution in [3.8, 4) is 0 Å². The molecule has 0 radical (unpaired) electrons. The Bertz CT molecular complexity index is 1500. The quantitative estimate of drug-likeness (QED) is 0.0261.